The molecule has 11 heteroatoms. The topological polar surface area (TPSA) is 158 Å². The highest BCUT2D eigenvalue weighted by atomic mass is 16.6. The molecule has 2 aromatic heterocycles. The summed E-state index contributed by atoms with van der Waals surface area (Å²) >= 11 is 0. The largest absolute Gasteiger partial charge is 0.387 e. The molecule has 1 unspecified atom stereocenters. The van der Waals surface area contributed by atoms with Gasteiger partial charge in [-0.2, -0.15) is 0 Å². The number of amides is 1. The quantitative estimate of drug-likeness (QED) is 0.433. The number of anilines is 1. The first-order valence-electron chi connectivity index (χ1n) is 11.0. The molecule has 2 fully saturated rings. The number of hydrogen-bond donors (Lipinski definition) is 4. The summed E-state index contributed by atoms with van der Waals surface area (Å²) in [5, 5.41) is 25.4. The zero-order valence-corrected chi connectivity index (χ0v) is 17.9. The number of aliphatic hydroxyl groups is 2. The van der Waals surface area contributed by atoms with Gasteiger partial charge < -0.3 is 30.7 Å². The molecule has 2 saturated heterocycles. The minimum Gasteiger partial charge on any atom is -0.387 e. The first-order chi connectivity index (χ1) is 16.0. The van der Waals surface area contributed by atoms with Crippen LogP contribution in [0.4, 0.5) is 5.82 Å². The molecule has 0 radical (unpaired) electrons. The molecule has 174 valence electrons. The van der Waals surface area contributed by atoms with Crippen molar-refractivity contribution in [3.63, 3.8) is 0 Å². The summed E-state index contributed by atoms with van der Waals surface area (Å²) in [6.07, 6.45) is 1.34. The van der Waals surface area contributed by atoms with E-state index in [0.29, 0.717) is 29.8 Å². The molecule has 3 aromatic rings. The van der Waals surface area contributed by atoms with Crippen molar-refractivity contribution < 1.29 is 24.5 Å². The van der Waals surface area contributed by atoms with Crippen LogP contribution >= 0.6 is 0 Å². The van der Waals surface area contributed by atoms with E-state index in [4.69, 9.17) is 15.2 Å². The van der Waals surface area contributed by atoms with Gasteiger partial charge in [0.15, 0.2) is 28.8 Å². The second kappa shape index (κ2) is 8.76. The molecule has 1 amide bonds. The van der Waals surface area contributed by atoms with Crippen LogP contribution in [0.25, 0.3) is 11.2 Å². The van der Waals surface area contributed by atoms with E-state index in [1.807, 2.05) is 6.07 Å². The van der Waals surface area contributed by atoms with Crippen LogP contribution in [0, 0.1) is 0 Å². The van der Waals surface area contributed by atoms with Crippen LogP contribution in [0.1, 0.15) is 35.8 Å². The summed E-state index contributed by atoms with van der Waals surface area (Å²) < 4.78 is 13.4. The number of nitrogens with two attached hydrogens (primary N) is 1. The van der Waals surface area contributed by atoms with E-state index in [1.54, 1.807) is 24.3 Å². The summed E-state index contributed by atoms with van der Waals surface area (Å²) in [5.74, 6) is -0.119. The van der Waals surface area contributed by atoms with Crippen LogP contribution in [-0.4, -0.2) is 72.7 Å². The van der Waals surface area contributed by atoms with Crippen LogP contribution in [0.5, 0.6) is 0 Å². The Morgan fingerprint density at radius 1 is 1.24 bits per heavy atom. The van der Waals surface area contributed by atoms with Gasteiger partial charge in [-0.3, -0.25) is 9.36 Å². The fourth-order valence-electron chi connectivity index (χ4n) is 4.60. The predicted octanol–water partition coefficient (Wildman–Crippen LogP) is 0.596. The van der Waals surface area contributed by atoms with E-state index >= 15 is 0 Å². The number of fused-ring (bicyclic) bond motifs is 1. The maximum absolute atomic E-state index is 12.6. The van der Waals surface area contributed by atoms with Gasteiger partial charge in [-0.1, -0.05) is 18.2 Å². The number of carbonyl (C=O) groups is 1. The Kier molecular flexibility index (Phi) is 5.81. The third-order valence-corrected chi connectivity index (χ3v) is 6.33. The summed E-state index contributed by atoms with van der Waals surface area (Å²) in [7, 11) is 0. The van der Waals surface area contributed by atoms with Gasteiger partial charge in [0.2, 0.25) is 0 Å². The van der Waals surface area contributed by atoms with Gasteiger partial charge in [0, 0.05) is 18.7 Å². The van der Waals surface area contributed by atoms with Crippen molar-refractivity contribution in [1.82, 2.24) is 19.5 Å². The third kappa shape index (κ3) is 3.67. The highest BCUT2D eigenvalue weighted by Gasteiger charge is 2.61. The molecule has 33 heavy (non-hydrogen) atoms. The van der Waals surface area contributed by atoms with Gasteiger partial charge in [-0.15, -0.1) is 0 Å². The Morgan fingerprint density at radius 3 is 2.79 bits per heavy atom. The average Bonchev–Trinajstić information content (AvgIpc) is 3.40. The Labute approximate surface area is 189 Å². The molecule has 11 nitrogen and oxygen atoms in total. The highest BCUT2D eigenvalue weighted by molar-refractivity contribution is 6.06. The molecular weight excluding hydrogens is 428 g/mol. The average molecular weight is 454 g/mol. The molecule has 0 aliphatic carbocycles. The highest BCUT2D eigenvalue weighted by Crippen LogP contribution is 2.45. The molecule has 5 rings (SSSR count). The Balaban J connectivity index is 1.51. The van der Waals surface area contributed by atoms with Crippen molar-refractivity contribution >= 4 is 22.9 Å². The second-order valence-corrected chi connectivity index (χ2v) is 8.32. The minimum atomic E-state index is -1.75. The van der Waals surface area contributed by atoms with Gasteiger partial charge in [0.05, 0.1) is 12.4 Å². The van der Waals surface area contributed by atoms with Crippen molar-refractivity contribution in [3.05, 3.63) is 48.5 Å². The van der Waals surface area contributed by atoms with E-state index in [0.717, 1.165) is 12.8 Å². The summed E-state index contributed by atoms with van der Waals surface area (Å²) in [5.41, 5.74) is 5.17. The lowest BCUT2D eigenvalue weighted by molar-refractivity contribution is -0.197. The number of hydrogen-bond acceptors (Lipinski definition) is 9. The normalized spacial score (nSPS) is 29.9. The number of aliphatic hydroxyl groups excluding tert-OH is 1. The molecule has 2 aliphatic rings. The molecule has 0 saturated carbocycles. The Morgan fingerprint density at radius 2 is 2.06 bits per heavy atom. The smallest absolute Gasteiger partial charge is 0.256 e. The van der Waals surface area contributed by atoms with Gasteiger partial charge in [-0.25, -0.2) is 15.0 Å². The molecule has 4 heterocycles. The van der Waals surface area contributed by atoms with Gasteiger partial charge in [0.25, 0.3) is 5.91 Å². The molecule has 5 N–H and O–H groups in total. The lowest BCUT2D eigenvalue weighted by atomic mass is 9.84. The van der Waals surface area contributed by atoms with E-state index in [9.17, 15) is 15.0 Å². The summed E-state index contributed by atoms with van der Waals surface area (Å²) in [6.45, 7) is 0.509. The van der Waals surface area contributed by atoms with Crippen molar-refractivity contribution in [2.24, 2.45) is 5.73 Å². The van der Waals surface area contributed by atoms with E-state index in [-0.39, 0.29) is 18.3 Å². The summed E-state index contributed by atoms with van der Waals surface area (Å²) in [4.78, 5) is 25.5. The lowest BCUT2D eigenvalue weighted by Crippen LogP contribution is -2.57. The zero-order valence-electron chi connectivity index (χ0n) is 17.9. The number of nitrogens with one attached hydrogen (secondary N) is 1. The number of rotatable bonds is 5. The Hall–Kier alpha value is -2.96. The minimum absolute atomic E-state index is 0.0205. The van der Waals surface area contributed by atoms with Crippen molar-refractivity contribution in [1.29, 1.82) is 0 Å². The van der Waals surface area contributed by atoms with Crippen LogP contribution in [0.3, 0.4) is 0 Å². The van der Waals surface area contributed by atoms with Crippen molar-refractivity contribution in [2.45, 2.75) is 49.4 Å². The molecule has 5 atom stereocenters. The van der Waals surface area contributed by atoms with Crippen LogP contribution in [0.2, 0.25) is 0 Å². The lowest BCUT2D eigenvalue weighted by Gasteiger charge is -2.40. The Bertz CT molecular complexity index is 1130. The molecule has 0 spiro atoms. The van der Waals surface area contributed by atoms with E-state index < -0.39 is 30.1 Å². The van der Waals surface area contributed by atoms with E-state index in [1.165, 1.54) is 17.2 Å². The number of ether oxygens (including phenoxy) is 2. The number of imidazole rings is 1. The third-order valence-electron chi connectivity index (χ3n) is 6.33. The van der Waals surface area contributed by atoms with Crippen molar-refractivity contribution in [2.75, 3.05) is 18.5 Å². The maximum Gasteiger partial charge on any atom is 0.256 e. The van der Waals surface area contributed by atoms with Gasteiger partial charge in [0.1, 0.15) is 18.5 Å². The first kappa shape index (κ1) is 21.9. The fourth-order valence-corrected chi connectivity index (χ4v) is 4.60. The molecule has 2 aliphatic heterocycles. The standard InChI is InChI=1S/C22H26N6O5/c23-10-14-17(29)22(31,15-8-4-5-9-32-15)21(33-14)28-12-26-16-18(24-11-25-19(16)28)27-20(30)13-6-2-1-3-7-13/h1-3,6-7,11-12,14-15,17,21,29,31H,4-5,8-10,23H2,(H,24,25,27,30)/t14-,15?,17-,21-,22-/m1/s1. The number of benzene rings is 1. The molecule has 1 aromatic carbocycles. The van der Waals surface area contributed by atoms with Crippen LogP contribution in [0.15, 0.2) is 43.0 Å². The summed E-state index contributed by atoms with van der Waals surface area (Å²) in [6, 6.07) is 8.74. The number of aromatic nitrogens is 4. The first-order valence-corrected chi connectivity index (χ1v) is 11.0. The maximum atomic E-state index is 12.6. The number of nitrogens with zero attached hydrogens (tertiary/aromatic N) is 4. The van der Waals surface area contributed by atoms with Crippen LogP contribution in [-0.2, 0) is 9.47 Å². The molecule has 0 bridgehead atoms. The molecular formula is C22H26N6O5. The number of carbonyl (C=O) groups excluding carboxylic acids is 1. The van der Waals surface area contributed by atoms with Crippen molar-refractivity contribution in [3.8, 4) is 0 Å². The van der Waals surface area contributed by atoms with E-state index in [2.05, 4.69) is 20.3 Å². The second-order valence-electron chi connectivity index (χ2n) is 8.32. The SMILES string of the molecule is NC[C@H]1O[C@@H](n2cnc3c(NC(=O)c4ccccc4)ncnc32)[C@@](O)(C2CCCCO2)[C@@H]1O. The fraction of sp³-hybridized carbons (Fsp3) is 0.455. The zero-order chi connectivity index (χ0) is 23.0. The predicted molar refractivity (Wildman–Crippen MR) is 117 cm³/mol. The van der Waals surface area contributed by atoms with Crippen LogP contribution < -0.4 is 11.1 Å². The van der Waals surface area contributed by atoms with Gasteiger partial charge in [-0.05, 0) is 31.4 Å². The van der Waals surface area contributed by atoms with Gasteiger partial charge >= 0.3 is 0 Å². The monoisotopic (exact) mass is 454 g/mol.